The molecule has 2 unspecified atom stereocenters. The lowest BCUT2D eigenvalue weighted by Crippen LogP contribution is -2.23. The fourth-order valence-electron chi connectivity index (χ4n) is 2.71. The summed E-state index contributed by atoms with van der Waals surface area (Å²) in [6.07, 6.45) is 0. The summed E-state index contributed by atoms with van der Waals surface area (Å²) in [6.45, 7) is 12.4. The number of aryl methyl sites for hydroxylation is 1. The van der Waals surface area contributed by atoms with Crippen LogP contribution in [0.3, 0.4) is 0 Å². The Morgan fingerprint density at radius 1 is 1.04 bits per heavy atom. The van der Waals surface area contributed by atoms with Gasteiger partial charge in [0, 0.05) is 11.5 Å². The molecule has 0 spiro atoms. The standard InChI is InChI=1S/C19H29N3O3/c1-11-9-15(23-7)16(24-8)10-14(11)12(2)20-13(3)17-21-18(22-25-17)19(4,5)6/h9-10,12-13,20H,1-8H3. The van der Waals surface area contributed by atoms with E-state index in [-0.39, 0.29) is 17.5 Å². The van der Waals surface area contributed by atoms with Crippen molar-refractivity contribution in [2.45, 2.75) is 59.0 Å². The third-order valence-electron chi connectivity index (χ3n) is 4.22. The molecule has 1 aromatic carbocycles. The second-order valence-electron chi connectivity index (χ2n) is 7.38. The van der Waals surface area contributed by atoms with Crippen LogP contribution in [0.15, 0.2) is 16.7 Å². The number of aromatic nitrogens is 2. The first-order chi connectivity index (χ1) is 11.7. The van der Waals surface area contributed by atoms with Gasteiger partial charge in [-0.05, 0) is 44.0 Å². The number of hydrogen-bond donors (Lipinski definition) is 1. The smallest absolute Gasteiger partial charge is 0.243 e. The van der Waals surface area contributed by atoms with Crippen LogP contribution in [0.25, 0.3) is 0 Å². The predicted octanol–water partition coefficient (Wildman–Crippen LogP) is 4.10. The molecule has 1 heterocycles. The molecule has 6 heteroatoms. The van der Waals surface area contributed by atoms with Crippen LogP contribution < -0.4 is 14.8 Å². The molecular weight excluding hydrogens is 318 g/mol. The van der Waals surface area contributed by atoms with Gasteiger partial charge in [0.25, 0.3) is 0 Å². The maximum Gasteiger partial charge on any atom is 0.243 e. The maximum atomic E-state index is 5.43. The topological polar surface area (TPSA) is 69.4 Å². The molecule has 0 fully saturated rings. The van der Waals surface area contributed by atoms with E-state index >= 15 is 0 Å². The Balaban J connectivity index is 2.18. The molecular formula is C19H29N3O3. The Labute approximate surface area is 149 Å². The Morgan fingerprint density at radius 3 is 2.16 bits per heavy atom. The molecule has 1 aromatic heterocycles. The third-order valence-corrected chi connectivity index (χ3v) is 4.22. The lowest BCUT2D eigenvalue weighted by molar-refractivity contribution is 0.320. The summed E-state index contributed by atoms with van der Waals surface area (Å²) in [5.74, 6) is 2.76. The number of rotatable bonds is 6. The monoisotopic (exact) mass is 347 g/mol. The predicted molar refractivity (Wildman–Crippen MR) is 97.2 cm³/mol. The van der Waals surface area contributed by atoms with Gasteiger partial charge in [-0.1, -0.05) is 25.9 Å². The quantitative estimate of drug-likeness (QED) is 0.848. The zero-order valence-corrected chi connectivity index (χ0v) is 16.4. The number of hydrogen-bond acceptors (Lipinski definition) is 6. The van der Waals surface area contributed by atoms with Gasteiger partial charge in [-0.15, -0.1) is 0 Å². The molecule has 0 aliphatic heterocycles. The number of ether oxygens (including phenoxy) is 2. The number of benzene rings is 1. The van der Waals surface area contributed by atoms with Gasteiger partial charge in [-0.2, -0.15) is 4.98 Å². The number of nitrogens with one attached hydrogen (secondary N) is 1. The highest BCUT2D eigenvalue weighted by Gasteiger charge is 2.24. The van der Waals surface area contributed by atoms with Gasteiger partial charge in [0.1, 0.15) is 0 Å². The van der Waals surface area contributed by atoms with E-state index in [1.54, 1.807) is 14.2 Å². The minimum absolute atomic E-state index is 0.0638. The van der Waals surface area contributed by atoms with Crippen LogP contribution in [0.2, 0.25) is 0 Å². The largest absolute Gasteiger partial charge is 0.493 e. The van der Waals surface area contributed by atoms with Crippen molar-refractivity contribution in [1.82, 2.24) is 15.5 Å². The molecule has 1 N–H and O–H groups in total. The van der Waals surface area contributed by atoms with E-state index in [0.29, 0.717) is 11.7 Å². The first-order valence-corrected chi connectivity index (χ1v) is 8.50. The van der Waals surface area contributed by atoms with Gasteiger partial charge in [-0.3, -0.25) is 5.32 Å². The zero-order chi connectivity index (χ0) is 18.8. The highest BCUT2D eigenvalue weighted by Crippen LogP contribution is 2.33. The normalized spacial score (nSPS) is 14.2. The van der Waals surface area contributed by atoms with Crippen LogP contribution >= 0.6 is 0 Å². The average Bonchev–Trinajstić information content (AvgIpc) is 3.04. The van der Waals surface area contributed by atoms with E-state index in [1.807, 2.05) is 19.1 Å². The van der Waals surface area contributed by atoms with Crippen molar-refractivity contribution >= 4 is 0 Å². The van der Waals surface area contributed by atoms with Gasteiger partial charge >= 0.3 is 0 Å². The van der Waals surface area contributed by atoms with E-state index in [9.17, 15) is 0 Å². The van der Waals surface area contributed by atoms with Crippen molar-refractivity contribution in [2.24, 2.45) is 0 Å². The first-order valence-electron chi connectivity index (χ1n) is 8.50. The van der Waals surface area contributed by atoms with Crippen molar-refractivity contribution in [1.29, 1.82) is 0 Å². The van der Waals surface area contributed by atoms with Crippen molar-refractivity contribution in [2.75, 3.05) is 14.2 Å². The summed E-state index contributed by atoms with van der Waals surface area (Å²) < 4.78 is 16.2. The molecule has 0 bridgehead atoms. The van der Waals surface area contributed by atoms with Gasteiger partial charge < -0.3 is 14.0 Å². The lowest BCUT2D eigenvalue weighted by atomic mass is 9.96. The van der Waals surface area contributed by atoms with E-state index in [2.05, 4.69) is 50.1 Å². The summed E-state index contributed by atoms with van der Waals surface area (Å²) in [7, 11) is 3.28. The Morgan fingerprint density at radius 2 is 1.64 bits per heavy atom. The van der Waals surface area contributed by atoms with E-state index in [4.69, 9.17) is 14.0 Å². The summed E-state index contributed by atoms with van der Waals surface area (Å²) in [5.41, 5.74) is 2.14. The van der Waals surface area contributed by atoms with Gasteiger partial charge in [0.05, 0.1) is 20.3 Å². The van der Waals surface area contributed by atoms with Crippen LogP contribution in [0.1, 0.15) is 69.5 Å². The second-order valence-corrected chi connectivity index (χ2v) is 7.38. The fraction of sp³-hybridized carbons (Fsp3) is 0.579. The molecule has 0 amide bonds. The van der Waals surface area contributed by atoms with Crippen molar-refractivity contribution in [3.63, 3.8) is 0 Å². The summed E-state index contributed by atoms with van der Waals surface area (Å²) in [4.78, 5) is 4.53. The summed E-state index contributed by atoms with van der Waals surface area (Å²) in [5, 5.41) is 7.61. The molecule has 0 saturated carbocycles. The first kappa shape index (κ1) is 19.2. The molecule has 6 nitrogen and oxygen atoms in total. The van der Waals surface area contributed by atoms with Gasteiger partial charge in [-0.25, -0.2) is 0 Å². The Bertz CT molecular complexity index is 719. The fourth-order valence-corrected chi connectivity index (χ4v) is 2.71. The minimum atomic E-state index is -0.132. The molecule has 0 aliphatic rings. The Hall–Kier alpha value is -2.08. The van der Waals surface area contributed by atoms with Crippen LogP contribution in [0, 0.1) is 6.92 Å². The minimum Gasteiger partial charge on any atom is -0.493 e. The second kappa shape index (κ2) is 7.44. The van der Waals surface area contributed by atoms with E-state index < -0.39 is 0 Å². The lowest BCUT2D eigenvalue weighted by Gasteiger charge is -2.21. The number of nitrogens with zero attached hydrogens (tertiary/aromatic N) is 2. The van der Waals surface area contributed by atoms with Crippen LogP contribution in [0.5, 0.6) is 11.5 Å². The molecule has 0 saturated heterocycles. The molecule has 2 rings (SSSR count). The van der Waals surface area contributed by atoms with Crippen molar-refractivity contribution in [3.8, 4) is 11.5 Å². The molecule has 2 atom stereocenters. The Kier molecular flexibility index (Phi) is 5.72. The highest BCUT2D eigenvalue weighted by atomic mass is 16.5. The van der Waals surface area contributed by atoms with Gasteiger partial charge in [0.2, 0.25) is 5.89 Å². The summed E-state index contributed by atoms with van der Waals surface area (Å²) >= 11 is 0. The van der Waals surface area contributed by atoms with E-state index in [0.717, 1.165) is 22.6 Å². The zero-order valence-electron chi connectivity index (χ0n) is 16.4. The highest BCUT2D eigenvalue weighted by molar-refractivity contribution is 5.48. The van der Waals surface area contributed by atoms with Crippen LogP contribution in [-0.4, -0.2) is 24.4 Å². The van der Waals surface area contributed by atoms with Crippen molar-refractivity contribution in [3.05, 3.63) is 35.0 Å². The molecule has 25 heavy (non-hydrogen) atoms. The molecule has 0 aliphatic carbocycles. The van der Waals surface area contributed by atoms with E-state index in [1.165, 1.54) is 0 Å². The van der Waals surface area contributed by atoms with Crippen molar-refractivity contribution < 1.29 is 14.0 Å². The SMILES string of the molecule is COc1cc(C)c(C(C)NC(C)c2nc(C(C)(C)C)no2)cc1OC. The maximum absolute atomic E-state index is 5.43. The molecule has 0 radical (unpaired) electrons. The van der Waals surface area contributed by atoms with Gasteiger partial charge in [0.15, 0.2) is 17.3 Å². The van der Waals surface area contributed by atoms with Crippen LogP contribution in [-0.2, 0) is 5.41 Å². The molecule has 2 aromatic rings. The average molecular weight is 347 g/mol. The molecule has 138 valence electrons. The summed E-state index contributed by atoms with van der Waals surface area (Å²) in [6, 6.07) is 4.01. The van der Waals surface area contributed by atoms with Crippen LogP contribution in [0.4, 0.5) is 0 Å². The third kappa shape index (κ3) is 4.31. The number of methoxy groups -OCH3 is 2.